The van der Waals surface area contributed by atoms with Gasteiger partial charge in [-0.25, -0.2) is 9.97 Å². The fourth-order valence-corrected chi connectivity index (χ4v) is 2.42. The lowest BCUT2D eigenvalue weighted by atomic mass is 9.81. The van der Waals surface area contributed by atoms with Crippen LogP contribution in [0.4, 0.5) is 17.3 Å². The molecule has 20 heavy (non-hydrogen) atoms. The van der Waals surface area contributed by atoms with Crippen LogP contribution in [0.25, 0.3) is 0 Å². The third kappa shape index (κ3) is 2.46. The fourth-order valence-electron chi connectivity index (χ4n) is 2.42. The van der Waals surface area contributed by atoms with Gasteiger partial charge in [-0.3, -0.25) is 0 Å². The van der Waals surface area contributed by atoms with Crippen molar-refractivity contribution in [2.24, 2.45) is 0 Å². The molecule has 0 radical (unpaired) electrons. The average molecular weight is 268 g/mol. The van der Waals surface area contributed by atoms with Gasteiger partial charge in [0.25, 0.3) is 0 Å². The molecule has 1 fully saturated rings. The maximum Gasteiger partial charge on any atom is 0.229 e. The number of benzene rings is 1. The molecule has 1 heterocycles. The van der Waals surface area contributed by atoms with Gasteiger partial charge < -0.3 is 10.2 Å². The number of hydrogen-bond donors (Lipinski definition) is 1. The van der Waals surface area contributed by atoms with E-state index in [1.165, 1.54) is 24.8 Å². The lowest BCUT2D eigenvalue weighted by Crippen LogP contribution is -2.15. The molecule has 4 heteroatoms. The predicted octanol–water partition coefficient (Wildman–Crippen LogP) is 3.55. The van der Waals surface area contributed by atoms with Gasteiger partial charge >= 0.3 is 0 Å². The number of hydrogen-bond acceptors (Lipinski definition) is 4. The van der Waals surface area contributed by atoms with Crippen LogP contribution in [0.5, 0.6) is 0 Å². The molecule has 1 aliphatic carbocycles. The minimum absolute atomic E-state index is 0.685. The molecule has 4 nitrogen and oxygen atoms in total. The van der Waals surface area contributed by atoms with Crippen molar-refractivity contribution in [3.05, 3.63) is 42.2 Å². The van der Waals surface area contributed by atoms with E-state index >= 15 is 0 Å². The molecule has 104 valence electrons. The topological polar surface area (TPSA) is 41.0 Å². The monoisotopic (exact) mass is 268 g/mol. The number of anilines is 3. The quantitative estimate of drug-likeness (QED) is 0.920. The standard InChI is InChI=1S/C16H20N4/c1-17-14-6-8-15(9-7-14)20(2)16-18-10-13(11-19-16)12-4-3-5-12/h6-12,17H,3-5H2,1-2H3. The summed E-state index contributed by atoms with van der Waals surface area (Å²) in [6, 6.07) is 8.23. The van der Waals surface area contributed by atoms with Gasteiger partial charge in [0.1, 0.15) is 0 Å². The van der Waals surface area contributed by atoms with Crippen molar-refractivity contribution in [1.82, 2.24) is 9.97 Å². The van der Waals surface area contributed by atoms with Crippen LogP contribution in [-0.2, 0) is 0 Å². The summed E-state index contributed by atoms with van der Waals surface area (Å²) >= 11 is 0. The molecule has 0 aliphatic heterocycles. The summed E-state index contributed by atoms with van der Waals surface area (Å²) in [5.74, 6) is 1.43. The van der Waals surface area contributed by atoms with Crippen LogP contribution in [0, 0.1) is 0 Å². The van der Waals surface area contributed by atoms with Crippen LogP contribution in [0.15, 0.2) is 36.7 Å². The van der Waals surface area contributed by atoms with Gasteiger partial charge in [0.2, 0.25) is 5.95 Å². The van der Waals surface area contributed by atoms with E-state index in [0.717, 1.165) is 17.3 Å². The number of nitrogens with zero attached hydrogens (tertiary/aromatic N) is 3. The normalized spacial score (nSPS) is 14.7. The molecule has 1 saturated carbocycles. The van der Waals surface area contributed by atoms with Gasteiger partial charge in [0.05, 0.1) is 0 Å². The Bertz CT molecular complexity index is 558. The smallest absolute Gasteiger partial charge is 0.229 e. The summed E-state index contributed by atoms with van der Waals surface area (Å²) in [5, 5.41) is 3.12. The Kier molecular flexibility index (Phi) is 3.54. The molecular weight excluding hydrogens is 248 g/mol. The third-order valence-corrected chi connectivity index (χ3v) is 4.08. The fraction of sp³-hybridized carbons (Fsp3) is 0.375. The van der Waals surface area contributed by atoms with Crippen LogP contribution in [0.2, 0.25) is 0 Å². The molecule has 0 atom stereocenters. The average Bonchev–Trinajstić information content (AvgIpc) is 2.46. The van der Waals surface area contributed by atoms with Crippen molar-refractivity contribution < 1.29 is 0 Å². The van der Waals surface area contributed by atoms with Crippen LogP contribution >= 0.6 is 0 Å². The Morgan fingerprint density at radius 2 is 1.75 bits per heavy atom. The van der Waals surface area contributed by atoms with E-state index in [-0.39, 0.29) is 0 Å². The molecule has 0 amide bonds. The molecule has 2 aromatic rings. The second kappa shape index (κ2) is 5.49. The van der Waals surface area contributed by atoms with Gasteiger partial charge in [-0.1, -0.05) is 6.42 Å². The molecule has 0 spiro atoms. The maximum atomic E-state index is 4.50. The van der Waals surface area contributed by atoms with E-state index in [2.05, 4.69) is 39.6 Å². The van der Waals surface area contributed by atoms with Crippen molar-refractivity contribution in [2.45, 2.75) is 25.2 Å². The molecule has 3 rings (SSSR count). The van der Waals surface area contributed by atoms with E-state index < -0.39 is 0 Å². The van der Waals surface area contributed by atoms with Crippen LogP contribution in [-0.4, -0.2) is 24.1 Å². The first kappa shape index (κ1) is 12.9. The third-order valence-electron chi connectivity index (χ3n) is 4.08. The van der Waals surface area contributed by atoms with Crippen LogP contribution in [0.3, 0.4) is 0 Å². The number of aromatic nitrogens is 2. The number of nitrogens with one attached hydrogen (secondary N) is 1. The largest absolute Gasteiger partial charge is 0.388 e. The van der Waals surface area contributed by atoms with Crippen LogP contribution in [0.1, 0.15) is 30.7 Å². The second-order valence-electron chi connectivity index (χ2n) is 5.30. The molecule has 1 N–H and O–H groups in total. The Labute approximate surface area is 119 Å². The molecule has 1 aromatic heterocycles. The first-order valence-corrected chi connectivity index (χ1v) is 7.11. The highest BCUT2D eigenvalue weighted by atomic mass is 15.2. The highest BCUT2D eigenvalue weighted by Crippen LogP contribution is 2.35. The molecule has 1 aliphatic rings. The van der Waals surface area contributed by atoms with Gasteiger partial charge in [-0.2, -0.15) is 0 Å². The van der Waals surface area contributed by atoms with Crippen molar-refractivity contribution in [2.75, 3.05) is 24.3 Å². The summed E-state index contributed by atoms with van der Waals surface area (Å²) in [5.41, 5.74) is 3.46. The summed E-state index contributed by atoms with van der Waals surface area (Å²) in [6.45, 7) is 0. The first-order chi connectivity index (χ1) is 9.78. The Hall–Kier alpha value is -2.10. The first-order valence-electron chi connectivity index (χ1n) is 7.11. The molecule has 1 aromatic carbocycles. The van der Waals surface area contributed by atoms with Gasteiger partial charge in [0, 0.05) is 37.9 Å². The highest BCUT2D eigenvalue weighted by Gasteiger charge is 2.20. The molecular formula is C16H20N4. The van der Waals surface area contributed by atoms with Crippen molar-refractivity contribution >= 4 is 17.3 Å². The van der Waals surface area contributed by atoms with Gasteiger partial charge in [0.15, 0.2) is 0 Å². The van der Waals surface area contributed by atoms with Crippen molar-refractivity contribution in [3.8, 4) is 0 Å². The molecule has 0 saturated heterocycles. The minimum atomic E-state index is 0.685. The second-order valence-corrected chi connectivity index (χ2v) is 5.30. The zero-order valence-electron chi connectivity index (χ0n) is 12.0. The zero-order chi connectivity index (χ0) is 13.9. The molecule has 0 bridgehead atoms. The lowest BCUT2D eigenvalue weighted by Gasteiger charge is -2.25. The summed E-state index contributed by atoms with van der Waals surface area (Å²) < 4.78 is 0. The van der Waals surface area contributed by atoms with Gasteiger partial charge in [-0.15, -0.1) is 0 Å². The zero-order valence-corrected chi connectivity index (χ0v) is 12.0. The van der Waals surface area contributed by atoms with Crippen molar-refractivity contribution in [1.29, 1.82) is 0 Å². The minimum Gasteiger partial charge on any atom is -0.388 e. The van der Waals surface area contributed by atoms with E-state index in [0.29, 0.717) is 5.92 Å². The van der Waals surface area contributed by atoms with E-state index in [4.69, 9.17) is 0 Å². The Morgan fingerprint density at radius 3 is 2.25 bits per heavy atom. The van der Waals surface area contributed by atoms with E-state index in [1.807, 2.05) is 31.4 Å². The summed E-state index contributed by atoms with van der Waals surface area (Å²) in [6.07, 6.45) is 7.85. The van der Waals surface area contributed by atoms with Gasteiger partial charge in [-0.05, 0) is 48.6 Å². The lowest BCUT2D eigenvalue weighted by molar-refractivity contribution is 0.418. The summed E-state index contributed by atoms with van der Waals surface area (Å²) in [4.78, 5) is 11.0. The maximum absolute atomic E-state index is 4.50. The van der Waals surface area contributed by atoms with E-state index in [1.54, 1.807) is 0 Å². The Morgan fingerprint density at radius 1 is 1.10 bits per heavy atom. The predicted molar refractivity (Wildman–Crippen MR) is 82.7 cm³/mol. The molecule has 0 unspecified atom stereocenters. The van der Waals surface area contributed by atoms with E-state index in [9.17, 15) is 0 Å². The Balaban J connectivity index is 1.76. The SMILES string of the molecule is CNc1ccc(N(C)c2ncc(C3CCC3)cn2)cc1. The number of rotatable bonds is 4. The summed E-state index contributed by atoms with van der Waals surface area (Å²) in [7, 11) is 3.91. The highest BCUT2D eigenvalue weighted by molar-refractivity contribution is 5.60. The van der Waals surface area contributed by atoms with Crippen LogP contribution < -0.4 is 10.2 Å². The van der Waals surface area contributed by atoms with Crippen molar-refractivity contribution in [3.63, 3.8) is 0 Å².